The zero-order valence-electron chi connectivity index (χ0n) is 17.1. The van der Waals surface area contributed by atoms with Crippen LogP contribution < -0.4 is 11.1 Å². The Morgan fingerprint density at radius 3 is 2.57 bits per heavy atom. The van der Waals surface area contributed by atoms with E-state index in [4.69, 9.17) is 10.5 Å². The smallest absolute Gasteiger partial charge is 0.254 e. The number of likely N-dealkylation sites (tertiary alicyclic amines) is 1. The Balaban J connectivity index is 1.51. The molecule has 30 heavy (non-hydrogen) atoms. The molecule has 2 saturated carbocycles. The molecule has 1 aromatic heterocycles. The van der Waals surface area contributed by atoms with E-state index in [1.807, 2.05) is 0 Å². The number of methoxy groups -OCH3 is 1. The number of carbonyl (C=O) groups excluding carboxylic acids is 2. The highest BCUT2D eigenvalue weighted by molar-refractivity contribution is 6.02. The van der Waals surface area contributed by atoms with Gasteiger partial charge in [0.05, 0.1) is 31.1 Å². The lowest BCUT2D eigenvalue weighted by Crippen LogP contribution is -2.64. The quantitative estimate of drug-likeness (QED) is 0.691. The summed E-state index contributed by atoms with van der Waals surface area (Å²) in [6, 6.07) is 2.46. The molecule has 3 N–H and O–H groups in total. The molecule has 4 rings (SSSR count). The Morgan fingerprint density at radius 1 is 1.37 bits per heavy atom. The maximum absolute atomic E-state index is 14.1. The minimum Gasteiger partial charge on any atom is -0.365 e. The minimum absolute atomic E-state index is 0.0364. The molecule has 3 aliphatic rings. The second-order valence-corrected chi connectivity index (χ2v) is 8.75. The van der Waals surface area contributed by atoms with Gasteiger partial charge in [0.1, 0.15) is 5.56 Å². The van der Waals surface area contributed by atoms with E-state index < -0.39 is 17.3 Å². The molecule has 2 amide bonds. The van der Waals surface area contributed by atoms with E-state index in [-0.39, 0.29) is 48.8 Å². The van der Waals surface area contributed by atoms with E-state index in [1.54, 1.807) is 10.9 Å². The fraction of sp³-hybridized carbons (Fsp3) is 0.700. The number of aromatic nitrogens is 2. The summed E-state index contributed by atoms with van der Waals surface area (Å²) in [6.45, 7) is 0.509. The lowest BCUT2D eigenvalue weighted by atomic mass is 9.76. The first-order valence-corrected chi connectivity index (χ1v) is 10.3. The number of anilines is 1. The Morgan fingerprint density at radius 2 is 2.03 bits per heavy atom. The van der Waals surface area contributed by atoms with Gasteiger partial charge in [-0.3, -0.25) is 19.2 Å². The van der Waals surface area contributed by atoms with Crippen LogP contribution in [0.3, 0.4) is 0 Å². The van der Waals surface area contributed by atoms with Crippen molar-refractivity contribution in [2.45, 2.75) is 62.4 Å². The van der Waals surface area contributed by atoms with Crippen molar-refractivity contribution in [3.63, 3.8) is 0 Å². The summed E-state index contributed by atoms with van der Waals surface area (Å²) in [6.07, 6.45) is 6.29. The zero-order chi connectivity index (χ0) is 21.5. The standard InChI is InChI=1S/C20H27FN6O3/c1-30-20(21)11-26(12-20)14-4-6-19(7-5-14,8-9-22)27-10-15(16(23)28)17(25-27)24-18(29)13-2-3-13/h10,13-14H,2-8,11-12H2,1H3,(H2,23,28)(H,24,25,29)/t14-,19+. The minimum atomic E-state index is -1.56. The van der Waals surface area contributed by atoms with Crippen LogP contribution in [0, 0.1) is 17.2 Å². The molecule has 2 aliphatic carbocycles. The van der Waals surface area contributed by atoms with Crippen LogP contribution in [0.4, 0.5) is 10.2 Å². The molecule has 1 aliphatic heterocycles. The molecule has 0 atom stereocenters. The molecule has 2 heterocycles. The lowest BCUT2D eigenvalue weighted by Gasteiger charge is -2.50. The van der Waals surface area contributed by atoms with Crippen molar-refractivity contribution < 1.29 is 18.7 Å². The number of nitrogens with zero attached hydrogens (tertiary/aromatic N) is 4. The number of carbonyl (C=O) groups is 2. The molecule has 0 unspecified atom stereocenters. The fourth-order valence-corrected chi connectivity index (χ4v) is 4.54. The van der Waals surface area contributed by atoms with Gasteiger partial charge < -0.3 is 15.8 Å². The van der Waals surface area contributed by atoms with Gasteiger partial charge in [0.15, 0.2) is 5.82 Å². The van der Waals surface area contributed by atoms with Crippen LogP contribution in [0.25, 0.3) is 0 Å². The van der Waals surface area contributed by atoms with E-state index in [2.05, 4.69) is 21.4 Å². The van der Waals surface area contributed by atoms with Crippen LogP contribution >= 0.6 is 0 Å². The first-order valence-electron chi connectivity index (χ1n) is 10.3. The van der Waals surface area contributed by atoms with Crippen LogP contribution in [0.2, 0.25) is 0 Å². The number of ether oxygens (including phenoxy) is 1. The Kier molecular flexibility index (Phi) is 5.28. The third-order valence-corrected chi connectivity index (χ3v) is 6.71. The summed E-state index contributed by atoms with van der Waals surface area (Å²) in [7, 11) is 1.38. The number of amides is 2. The topological polar surface area (TPSA) is 126 Å². The van der Waals surface area contributed by atoms with Gasteiger partial charge in [0, 0.05) is 25.3 Å². The van der Waals surface area contributed by atoms with E-state index >= 15 is 0 Å². The predicted molar refractivity (Wildman–Crippen MR) is 105 cm³/mol. The molecule has 9 nitrogen and oxygen atoms in total. The van der Waals surface area contributed by atoms with Crippen molar-refractivity contribution >= 4 is 17.6 Å². The molecule has 1 aromatic rings. The zero-order valence-corrected chi connectivity index (χ0v) is 17.1. The number of rotatable bonds is 7. The fourth-order valence-electron chi connectivity index (χ4n) is 4.54. The SMILES string of the molecule is COC1(F)CN([C@H]2CC[C@@](CC#N)(n3cc(C(N)=O)c(NC(=O)C4CC4)n3)CC2)C1. The number of primary amides is 1. The van der Waals surface area contributed by atoms with Crippen LogP contribution in [0.15, 0.2) is 6.20 Å². The number of alkyl halides is 1. The predicted octanol–water partition coefficient (Wildman–Crippen LogP) is 1.51. The second kappa shape index (κ2) is 7.63. The summed E-state index contributed by atoms with van der Waals surface area (Å²) >= 11 is 0. The highest BCUT2D eigenvalue weighted by Crippen LogP contribution is 2.42. The van der Waals surface area contributed by atoms with Gasteiger partial charge in [-0.2, -0.15) is 10.4 Å². The summed E-state index contributed by atoms with van der Waals surface area (Å²) in [5, 5.41) is 16.7. The van der Waals surface area contributed by atoms with Crippen molar-refractivity contribution in [3.8, 4) is 6.07 Å². The Labute approximate surface area is 174 Å². The van der Waals surface area contributed by atoms with Crippen molar-refractivity contribution in [2.75, 3.05) is 25.5 Å². The Bertz CT molecular complexity index is 876. The lowest BCUT2D eigenvalue weighted by molar-refractivity contribution is -0.222. The van der Waals surface area contributed by atoms with Crippen LogP contribution in [0.1, 0.15) is 55.3 Å². The normalized spacial score (nSPS) is 28.4. The maximum atomic E-state index is 14.1. The second-order valence-electron chi connectivity index (χ2n) is 8.75. The van der Waals surface area contributed by atoms with E-state index in [9.17, 15) is 19.2 Å². The van der Waals surface area contributed by atoms with Crippen molar-refractivity contribution in [2.24, 2.45) is 11.7 Å². The average Bonchev–Trinajstić information content (AvgIpc) is 3.46. The van der Waals surface area contributed by atoms with E-state index in [0.29, 0.717) is 12.8 Å². The van der Waals surface area contributed by atoms with Crippen LogP contribution in [-0.4, -0.2) is 58.6 Å². The molecular formula is C20H27FN6O3. The number of hydrogen-bond donors (Lipinski definition) is 2. The monoisotopic (exact) mass is 418 g/mol. The van der Waals surface area contributed by atoms with Gasteiger partial charge in [-0.1, -0.05) is 0 Å². The van der Waals surface area contributed by atoms with Crippen molar-refractivity contribution in [1.82, 2.24) is 14.7 Å². The van der Waals surface area contributed by atoms with Gasteiger partial charge in [-0.05, 0) is 38.5 Å². The molecule has 0 radical (unpaired) electrons. The Hall–Kier alpha value is -2.51. The number of nitrogens with one attached hydrogen (secondary N) is 1. The average molecular weight is 418 g/mol. The summed E-state index contributed by atoms with van der Waals surface area (Å²) in [5.74, 6) is -2.28. The molecule has 3 fully saturated rings. The van der Waals surface area contributed by atoms with Gasteiger partial charge in [0.25, 0.3) is 5.91 Å². The first kappa shape index (κ1) is 20.8. The maximum Gasteiger partial charge on any atom is 0.254 e. The number of halogens is 1. The third kappa shape index (κ3) is 3.79. The van der Waals surface area contributed by atoms with E-state index in [0.717, 1.165) is 25.7 Å². The molecule has 162 valence electrons. The van der Waals surface area contributed by atoms with E-state index in [1.165, 1.54) is 7.11 Å². The first-order chi connectivity index (χ1) is 14.3. The van der Waals surface area contributed by atoms with Gasteiger partial charge in [-0.25, -0.2) is 4.39 Å². The number of nitrogens with two attached hydrogens (primary N) is 1. The van der Waals surface area contributed by atoms with Crippen molar-refractivity contribution in [3.05, 3.63) is 11.8 Å². The third-order valence-electron chi connectivity index (χ3n) is 6.71. The van der Waals surface area contributed by atoms with Gasteiger partial charge >= 0.3 is 0 Å². The molecule has 1 saturated heterocycles. The number of nitriles is 1. The largest absolute Gasteiger partial charge is 0.365 e. The van der Waals surface area contributed by atoms with Crippen LogP contribution in [0.5, 0.6) is 0 Å². The molecule has 0 spiro atoms. The van der Waals surface area contributed by atoms with Crippen molar-refractivity contribution in [1.29, 1.82) is 5.26 Å². The summed E-state index contributed by atoms with van der Waals surface area (Å²) < 4.78 is 20.6. The molecule has 0 aromatic carbocycles. The van der Waals surface area contributed by atoms with Gasteiger partial charge in [-0.15, -0.1) is 0 Å². The molecular weight excluding hydrogens is 391 g/mol. The summed E-state index contributed by atoms with van der Waals surface area (Å²) in [4.78, 5) is 26.2. The highest BCUT2D eigenvalue weighted by atomic mass is 19.2. The molecule has 0 bridgehead atoms. The van der Waals surface area contributed by atoms with Crippen LogP contribution in [-0.2, 0) is 15.1 Å². The number of hydrogen-bond acceptors (Lipinski definition) is 6. The highest BCUT2D eigenvalue weighted by Gasteiger charge is 2.49. The summed E-state index contributed by atoms with van der Waals surface area (Å²) in [5.41, 5.74) is 5.07. The van der Waals surface area contributed by atoms with Gasteiger partial charge in [0.2, 0.25) is 11.8 Å². The molecule has 10 heteroatoms.